The number of anilines is 1. The van der Waals surface area contributed by atoms with E-state index in [1.54, 1.807) is 6.92 Å². The number of carbonyl (C=O) groups excluding carboxylic acids is 1. The first kappa shape index (κ1) is 16.9. The number of carboxylic acids is 1. The average molecular weight is 321 g/mol. The lowest BCUT2D eigenvalue weighted by Crippen LogP contribution is -2.27. The van der Waals surface area contributed by atoms with Crippen molar-refractivity contribution in [3.63, 3.8) is 0 Å². The summed E-state index contributed by atoms with van der Waals surface area (Å²) in [5.74, 6) is -1.34. The molecule has 1 aromatic rings. The number of carbonyl (C=O) groups is 2. The summed E-state index contributed by atoms with van der Waals surface area (Å²) < 4.78 is 0. The van der Waals surface area contributed by atoms with Crippen molar-refractivity contribution in [3.05, 3.63) is 33.9 Å². The number of nitrogens with zero attached hydrogens (tertiary/aromatic N) is 2. The highest BCUT2D eigenvalue weighted by Gasteiger charge is 2.27. The molecule has 1 aromatic carbocycles. The summed E-state index contributed by atoms with van der Waals surface area (Å²) in [7, 11) is 0. The lowest BCUT2D eigenvalue weighted by atomic mass is 10.1. The Kier molecular flexibility index (Phi) is 5.28. The highest BCUT2D eigenvalue weighted by Crippen LogP contribution is 2.21. The van der Waals surface area contributed by atoms with Crippen molar-refractivity contribution < 1.29 is 19.6 Å². The van der Waals surface area contributed by atoms with Crippen LogP contribution in [0.25, 0.3) is 0 Å². The van der Waals surface area contributed by atoms with E-state index in [0.717, 1.165) is 0 Å². The molecule has 23 heavy (non-hydrogen) atoms. The molecule has 1 amide bonds. The number of nitro benzene ring substituents is 1. The molecule has 1 aliphatic rings. The van der Waals surface area contributed by atoms with Crippen LogP contribution in [0.5, 0.6) is 0 Å². The van der Waals surface area contributed by atoms with Gasteiger partial charge in [-0.3, -0.25) is 19.7 Å². The second-order valence-corrected chi connectivity index (χ2v) is 5.68. The molecule has 1 saturated heterocycles. The second-order valence-electron chi connectivity index (χ2n) is 5.68. The Labute approximate surface area is 133 Å². The van der Waals surface area contributed by atoms with Gasteiger partial charge in [-0.05, 0) is 31.5 Å². The molecule has 1 heterocycles. The number of carboxylic acid groups (broad SMARTS) is 1. The summed E-state index contributed by atoms with van der Waals surface area (Å²) in [6.07, 6.45) is 0.862. The minimum atomic E-state index is -0.793. The Hall–Kier alpha value is -2.48. The quantitative estimate of drug-likeness (QED) is 0.608. The fourth-order valence-electron chi connectivity index (χ4n) is 2.61. The first-order valence-corrected chi connectivity index (χ1v) is 7.37. The van der Waals surface area contributed by atoms with Crippen LogP contribution in [0.4, 0.5) is 11.4 Å². The number of benzene rings is 1. The van der Waals surface area contributed by atoms with E-state index in [0.29, 0.717) is 37.3 Å². The molecule has 1 aliphatic heterocycles. The summed E-state index contributed by atoms with van der Waals surface area (Å²) in [5.41, 5.74) is 1.15. The summed E-state index contributed by atoms with van der Waals surface area (Å²) in [4.78, 5) is 35.0. The molecule has 8 nitrogen and oxygen atoms in total. The number of amides is 1. The van der Waals surface area contributed by atoms with E-state index in [1.807, 2.05) is 4.90 Å². The predicted octanol–water partition coefficient (Wildman–Crippen LogP) is 1.64. The monoisotopic (exact) mass is 321 g/mol. The van der Waals surface area contributed by atoms with Crippen LogP contribution in [-0.2, 0) is 9.59 Å². The van der Waals surface area contributed by atoms with E-state index in [1.165, 1.54) is 18.2 Å². The average Bonchev–Trinajstić information content (AvgIpc) is 2.96. The van der Waals surface area contributed by atoms with Crippen molar-refractivity contribution in [2.24, 2.45) is 5.92 Å². The van der Waals surface area contributed by atoms with E-state index >= 15 is 0 Å². The van der Waals surface area contributed by atoms with Gasteiger partial charge in [0, 0.05) is 37.3 Å². The normalized spacial score (nSPS) is 17.9. The zero-order chi connectivity index (χ0) is 17.0. The summed E-state index contributed by atoms with van der Waals surface area (Å²) in [6, 6.07) is 4.27. The van der Waals surface area contributed by atoms with Gasteiger partial charge in [-0.25, -0.2) is 0 Å². The van der Waals surface area contributed by atoms with E-state index in [-0.39, 0.29) is 23.9 Å². The van der Waals surface area contributed by atoms with Crippen LogP contribution in [0.1, 0.15) is 18.4 Å². The maximum absolute atomic E-state index is 12.0. The number of rotatable bonds is 6. The number of likely N-dealkylation sites (tertiary alicyclic amines) is 1. The molecule has 2 N–H and O–H groups in total. The highest BCUT2D eigenvalue weighted by atomic mass is 16.6. The van der Waals surface area contributed by atoms with Crippen molar-refractivity contribution in [3.8, 4) is 0 Å². The third kappa shape index (κ3) is 4.49. The maximum Gasteiger partial charge on any atom is 0.307 e. The number of aliphatic carboxylic acids is 1. The SMILES string of the molecule is Cc1cc([N+](=O)[O-])ccc1NC(=O)CCN1CCC(C(=O)O)C1. The zero-order valence-corrected chi connectivity index (χ0v) is 12.8. The molecular weight excluding hydrogens is 302 g/mol. The van der Waals surface area contributed by atoms with Gasteiger partial charge in [0.05, 0.1) is 10.8 Å². The van der Waals surface area contributed by atoms with Gasteiger partial charge in [-0.15, -0.1) is 0 Å². The Morgan fingerprint density at radius 3 is 2.78 bits per heavy atom. The molecule has 0 aromatic heterocycles. The summed E-state index contributed by atoms with van der Waals surface area (Å²) >= 11 is 0. The van der Waals surface area contributed by atoms with Gasteiger partial charge in [0.25, 0.3) is 5.69 Å². The summed E-state index contributed by atoms with van der Waals surface area (Å²) in [6.45, 7) is 3.35. The van der Waals surface area contributed by atoms with Gasteiger partial charge < -0.3 is 15.3 Å². The van der Waals surface area contributed by atoms with Crippen molar-refractivity contribution >= 4 is 23.3 Å². The van der Waals surface area contributed by atoms with Crippen molar-refractivity contribution in [2.45, 2.75) is 19.8 Å². The highest BCUT2D eigenvalue weighted by molar-refractivity contribution is 5.91. The minimum absolute atomic E-state index is 0.0164. The Bertz CT molecular complexity index is 632. The van der Waals surface area contributed by atoms with Gasteiger partial charge in [0.1, 0.15) is 0 Å². The largest absolute Gasteiger partial charge is 0.481 e. The third-order valence-electron chi connectivity index (χ3n) is 3.97. The molecule has 8 heteroatoms. The lowest BCUT2D eigenvalue weighted by molar-refractivity contribution is -0.384. The third-order valence-corrected chi connectivity index (χ3v) is 3.97. The number of hydrogen-bond acceptors (Lipinski definition) is 5. The molecule has 0 radical (unpaired) electrons. The second kappa shape index (κ2) is 7.19. The van der Waals surface area contributed by atoms with Gasteiger partial charge in [0.15, 0.2) is 0 Å². The first-order valence-electron chi connectivity index (χ1n) is 7.37. The van der Waals surface area contributed by atoms with E-state index in [2.05, 4.69) is 5.32 Å². The number of hydrogen-bond donors (Lipinski definition) is 2. The van der Waals surface area contributed by atoms with Crippen molar-refractivity contribution in [1.29, 1.82) is 0 Å². The van der Waals surface area contributed by atoms with Crippen LogP contribution in [0, 0.1) is 23.0 Å². The molecule has 124 valence electrons. The Balaban J connectivity index is 1.83. The lowest BCUT2D eigenvalue weighted by Gasteiger charge is -2.15. The predicted molar refractivity (Wildman–Crippen MR) is 83.3 cm³/mol. The molecule has 1 fully saturated rings. The molecule has 1 atom stereocenters. The fourth-order valence-corrected chi connectivity index (χ4v) is 2.61. The van der Waals surface area contributed by atoms with Gasteiger partial charge in [-0.2, -0.15) is 0 Å². The van der Waals surface area contributed by atoms with Crippen LogP contribution < -0.4 is 5.32 Å². The number of non-ortho nitro benzene ring substituents is 1. The first-order chi connectivity index (χ1) is 10.9. The van der Waals surface area contributed by atoms with Gasteiger partial charge in [0.2, 0.25) is 5.91 Å². The van der Waals surface area contributed by atoms with Gasteiger partial charge >= 0.3 is 5.97 Å². The Morgan fingerprint density at radius 1 is 1.48 bits per heavy atom. The molecule has 1 unspecified atom stereocenters. The molecule has 2 rings (SSSR count). The maximum atomic E-state index is 12.0. The standard InChI is InChI=1S/C15H19N3O5/c1-10-8-12(18(22)23)2-3-13(10)16-14(19)5-7-17-6-4-11(9-17)15(20)21/h2-3,8,11H,4-7,9H2,1H3,(H,16,19)(H,20,21). The van der Waals surface area contributed by atoms with Crippen molar-refractivity contribution in [2.75, 3.05) is 25.0 Å². The minimum Gasteiger partial charge on any atom is -0.481 e. The topological polar surface area (TPSA) is 113 Å². The molecule has 0 bridgehead atoms. The smallest absolute Gasteiger partial charge is 0.307 e. The summed E-state index contributed by atoms with van der Waals surface area (Å²) in [5, 5.41) is 22.4. The van der Waals surface area contributed by atoms with E-state index in [9.17, 15) is 19.7 Å². The molecule has 0 spiro atoms. The Morgan fingerprint density at radius 2 is 2.22 bits per heavy atom. The zero-order valence-electron chi connectivity index (χ0n) is 12.8. The van der Waals surface area contributed by atoms with Crippen molar-refractivity contribution in [1.82, 2.24) is 4.90 Å². The van der Waals surface area contributed by atoms with Crippen LogP contribution in [0.15, 0.2) is 18.2 Å². The molecular formula is C15H19N3O5. The van der Waals surface area contributed by atoms with Crippen LogP contribution in [0.3, 0.4) is 0 Å². The molecule has 0 aliphatic carbocycles. The van der Waals surface area contributed by atoms with E-state index in [4.69, 9.17) is 5.11 Å². The van der Waals surface area contributed by atoms with Crippen LogP contribution in [-0.4, -0.2) is 46.4 Å². The number of nitrogens with one attached hydrogen (secondary N) is 1. The van der Waals surface area contributed by atoms with Crippen LogP contribution in [0.2, 0.25) is 0 Å². The van der Waals surface area contributed by atoms with Gasteiger partial charge in [-0.1, -0.05) is 0 Å². The van der Waals surface area contributed by atoms with E-state index < -0.39 is 10.9 Å². The molecule has 0 saturated carbocycles. The number of nitro groups is 1. The number of aryl methyl sites for hydroxylation is 1. The van der Waals surface area contributed by atoms with Crippen LogP contribution >= 0.6 is 0 Å². The fraction of sp³-hybridized carbons (Fsp3) is 0.467.